The fourth-order valence-corrected chi connectivity index (χ4v) is 5.08. The Hall–Kier alpha value is -3.27. The molecule has 3 aromatic heterocycles. The number of fused-ring (bicyclic) bond motifs is 1. The van der Waals surface area contributed by atoms with Crippen LogP contribution in [0.25, 0.3) is 16.7 Å². The van der Waals surface area contributed by atoms with Crippen molar-refractivity contribution in [3.05, 3.63) is 60.2 Å². The molecule has 5 heterocycles. The Balaban J connectivity index is 1.15. The number of rotatable bonds is 8. The third kappa shape index (κ3) is 4.80. The summed E-state index contributed by atoms with van der Waals surface area (Å²) in [5, 5.41) is 18.7. The summed E-state index contributed by atoms with van der Waals surface area (Å²) in [6, 6.07) is 10.4. The molecular formula is C26H32N8O. The molecule has 4 aromatic rings. The Kier molecular flexibility index (Phi) is 5.97. The van der Waals surface area contributed by atoms with Crippen molar-refractivity contribution in [3.8, 4) is 5.82 Å². The molecule has 1 aromatic carbocycles. The van der Waals surface area contributed by atoms with E-state index in [1.54, 1.807) is 10.9 Å². The zero-order valence-corrected chi connectivity index (χ0v) is 20.1. The number of nitrogens with zero attached hydrogens (tertiary/aromatic N) is 7. The Morgan fingerprint density at radius 2 is 1.91 bits per heavy atom. The topological polar surface area (TPSA) is 87.3 Å². The standard InChI is InChI=1S/C26H32N8O/c1-19-21(15-32-17-23(35)18-32)16-34(30-19)25-6-8-27-26(29-25)28-22-4-5-24-20(14-22)7-11-33(24)13-12-31-9-2-3-10-31/h4-8,11,14,16,23,35H,2-3,9-10,12-13,15,17-18H2,1H3,(H,27,28,29). The highest BCUT2D eigenvalue weighted by Gasteiger charge is 2.25. The van der Waals surface area contributed by atoms with Gasteiger partial charge in [-0.05, 0) is 57.1 Å². The Labute approximate surface area is 205 Å². The predicted octanol–water partition coefficient (Wildman–Crippen LogP) is 2.94. The summed E-state index contributed by atoms with van der Waals surface area (Å²) in [5.41, 5.74) is 4.32. The molecule has 182 valence electrons. The number of β-amino-alcohol motifs (C(OH)–C–C–N with tert-alkyl or cyclic N) is 1. The minimum atomic E-state index is -0.200. The summed E-state index contributed by atoms with van der Waals surface area (Å²) < 4.78 is 4.14. The van der Waals surface area contributed by atoms with E-state index in [-0.39, 0.29) is 6.10 Å². The van der Waals surface area contributed by atoms with Crippen molar-refractivity contribution in [3.63, 3.8) is 0 Å². The van der Waals surface area contributed by atoms with Gasteiger partial charge in [0.05, 0.1) is 11.8 Å². The molecule has 2 fully saturated rings. The highest BCUT2D eigenvalue weighted by molar-refractivity contribution is 5.84. The maximum absolute atomic E-state index is 9.54. The number of benzene rings is 1. The Morgan fingerprint density at radius 1 is 1.06 bits per heavy atom. The zero-order chi connectivity index (χ0) is 23.8. The molecule has 0 radical (unpaired) electrons. The van der Waals surface area contributed by atoms with Crippen LogP contribution in [0.1, 0.15) is 24.1 Å². The van der Waals surface area contributed by atoms with Crippen molar-refractivity contribution >= 4 is 22.5 Å². The van der Waals surface area contributed by atoms with Gasteiger partial charge in [-0.3, -0.25) is 4.90 Å². The monoisotopic (exact) mass is 472 g/mol. The van der Waals surface area contributed by atoms with Crippen LogP contribution < -0.4 is 5.32 Å². The summed E-state index contributed by atoms with van der Waals surface area (Å²) in [7, 11) is 0. The molecular weight excluding hydrogens is 440 g/mol. The first-order valence-corrected chi connectivity index (χ1v) is 12.5. The molecule has 0 saturated carbocycles. The number of aliphatic hydroxyl groups is 1. The van der Waals surface area contributed by atoms with E-state index < -0.39 is 0 Å². The van der Waals surface area contributed by atoms with Gasteiger partial charge in [0.25, 0.3) is 0 Å². The second kappa shape index (κ2) is 9.41. The lowest BCUT2D eigenvalue weighted by Gasteiger charge is -2.35. The SMILES string of the molecule is Cc1nn(-c2ccnc(Nc3ccc4c(ccn4CCN4CCCC4)c3)n2)cc1CN1CC(O)C1. The van der Waals surface area contributed by atoms with Crippen LogP contribution in [0, 0.1) is 6.92 Å². The summed E-state index contributed by atoms with van der Waals surface area (Å²) >= 11 is 0. The minimum absolute atomic E-state index is 0.200. The molecule has 35 heavy (non-hydrogen) atoms. The van der Waals surface area contributed by atoms with E-state index in [0.29, 0.717) is 5.95 Å². The lowest BCUT2D eigenvalue weighted by molar-refractivity contribution is -0.00297. The van der Waals surface area contributed by atoms with Crippen molar-refractivity contribution in [2.75, 3.05) is 38.0 Å². The largest absolute Gasteiger partial charge is 0.390 e. The fourth-order valence-electron chi connectivity index (χ4n) is 5.08. The number of aryl methyl sites for hydroxylation is 1. The molecule has 0 spiro atoms. The second-order valence-electron chi connectivity index (χ2n) is 9.73. The molecule has 6 rings (SSSR count). The van der Waals surface area contributed by atoms with Crippen LogP contribution in [0.15, 0.2) is 48.9 Å². The van der Waals surface area contributed by atoms with Gasteiger partial charge in [-0.15, -0.1) is 0 Å². The molecule has 0 amide bonds. The van der Waals surface area contributed by atoms with Gasteiger partial charge < -0.3 is 19.9 Å². The maximum atomic E-state index is 9.54. The molecule has 9 nitrogen and oxygen atoms in total. The lowest BCUT2D eigenvalue weighted by Crippen LogP contribution is -2.49. The third-order valence-electron chi connectivity index (χ3n) is 7.09. The summed E-state index contributed by atoms with van der Waals surface area (Å²) in [6.45, 7) is 8.83. The van der Waals surface area contributed by atoms with Crippen LogP contribution in [0.2, 0.25) is 0 Å². The molecule has 2 aliphatic rings. The number of hydrogen-bond acceptors (Lipinski definition) is 7. The molecule has 0 atom stereocenters. The van der Waals surface area contributed by atoms with Gasteiger partial charge >= 0.3 is 0 Å². The second-order valence-corrected chi connectivity index (χ2v) is 9.73. The van der Waals surface area contributed by atoms with E-state index in [1.165, 1.54) is 36.8 Å². The van der Waals surface area contributed by atoms with E-state index in [4.69, 9.17) is 4.98 Å². The number of nitrogens with one attached hydrogen (secondary N) is 1. The van der Waals surface area contributed by atoms with E-state index in [1.807, 2.05) is 19.2 Å². The van der Waals surface area contributed by atoms with E-state index >= 15 is 0 Å². The van der Waals surface area contributed by atoms with Crippen molar-refractivity contribution in [2.24, 2.45) is 0 Å². The molecule has 2 saturated heterocycles. The fraction of sp³-hybridized carbons (Fsp3) is 0.423. The van der Waals surface area contributed by atoms with Gasteiger partial charge in [-0.2, -0.15) is 10.1 Å². The summed E-state index contributed by atoms with van der Waals surface area (Å²) in [6.07, 6.45) is 8.41. The van der Waals surface area contributed by atoms with E-state index in [9.17, 15) is 5.11 Å². The smallest absolute Gasteiger partial charge is 0.229 e. The van der Waals surface area contributed by atoms with Crippen molar-refractivity contribution in [1.29, 1.82) is 0 Å². The lowest BCUT2D eigenvalue weighted by atomic mass is 10.1. The van der Waals surface area contributed by atoms with Crippen molar-refractivity contribution in [1.82, 2.24) is 34.1 Å². The molecule has 9 heteroatoms. The van der Waals surface area contributed by atoms with Gasteiger partial charge in [0.15, 0.2) is 5.82 Å². The Bertz CT molecular complexity index is 1320. The van der Waals surface area contributed by atoms with Gasteiger partial charge in [0.1, 0.15) is 0 Å². The van der Waals surface area contributed by atoms with Gasteiger partial charge in [0, 0.05) is 79.5 Å². The number of hydrogen-bond donors (Lipinski definition) is 2. The Morgan fingerprint density at radius 3 is 2.74 bits per heavy atom. The predicted molar refractivity (Wildman–Crippen MR) is 136 cm³/mol. The average Bonchev–Trinajstić information content (AvgIpc) is 3.57. The van der Waals surface area contributed by atoms with Crippen molar-refractivity contribution < 1.29 is 5.11 Å². The van der Waals surface area contributed by atoms with Crippen LogP contribution in [-0.2, 0) is 13.1 Å². The number of aromatic nitrogens is 5. The highest BCUT2D eigenvalue weighted by atomic mass is 16.3. The molecule has 0 bridgehead atoms. The summed E-state index contributed by atoms with van der Waals surface area (Å²) in [5.74, 6) is 1.26. The third-order valence-corrected chi connectivity index (χ3v) is 7.09. The minimum Gasteiger partial charge on any atom is -0.390 e. The van der Waals surface area contributed by atoms with E-state index in [2.05, 4.69) is 60.2 Å². The first-order chi connectivity index (χ1) is 17.1. The van der Waals surface area contributed by atoms with Crippen molar-refractivity contribution in [2.45, 2.75) is 39.0 Å². The van der Waals surface area contributed by atoms with Gasteiger partial charge in [-0.25, -0.2) is 9.67 Å². The normalized spacial score (nSPS) is 17.3. The van der Waals surface area contributed by atoms with Crippen LogP contribution in [-0.4, -0.2) is 78.0 Å². The molecule has 0 unspecified atom stereocenters. The number of aliphatic hydroxyl groups excluding tert-OH is 1. The average molecular weight is 473 g/mol. The first kappa shape index (κ1) is 22.2. The maximum Gasteiger partial charge on any atom is 0.229 e. The van der Waals surface area contributed by atoms with E-state index in [0.717, 1.165) is 55.5 Å². The van der Waals surface area contributed by atoms with Crippen LogP contribution >= 0.6 is 0 Å². The van der Waals surface area contributed by atoms with Crippen LogP contribution in [0.5, 0.6) is 0 Å². The number of anilines is 2. The van der Waals surface area contributed by atoms with Crippen LogP contribution in [0.4, 0.5) is 11.6 Å². The highest BCUT2D eigenvalue weighted by Crippen LogP contribution is 2.23. The summed E-state index contributed by atoms with van der Waals surface area (Å²) in [4.78, 5) is 13.9. The molecule has 2 N–H and O–H groups in total. The first-order valence-electron chi connectivity index (χ1n) is 12.5. The quantitative estimate of drug-likeness (QED) is 0.408. The number of likely N-dealkylation sites (tertiary alicyclic amines) is 2. The molecule has 2 aliphatic heterocycles. The molecule has 0 aliphatic carbocycles. The van der Waals surface area contributed by atoms with Crippen LogP contribution in [0.3, 0.4) is 0 Å². The van der Waals surface area contributed by atoms with Gasteiger partial charge in [-0.1, -0.05) is 0 Å². The zero-order valence-electron chi connectivity index (χ0n) is 20.1. The van der Waals surface area contributed by atoms with Gasteiger partial charge in [0.2, 0.25) is 5.95 Å².